The molecule has 1 aromatic carbocycles. The molecule has 1 aromatic heterocycles. The van der Waals surface area contributed by atoms with Crippen molar-refractivity contribution in [3.63, 3.8) is 0 Å². The van der Waals surface area contributed by atoms with Crippen LogP contribution in [-0.4, -0.2) is 16.1 Å². The Kier molecular flexibility index (Phi) is 5.70. The average molecular weight is 314 g/mol. The maximum atomic E-state index is 6.14. The first kappa shape index (κ1) is 15.6. The Morgan fingerprint density at radius 1 is 1.15 bits per heavy atom. The van der Waals surface area contributed by atoms with E-state index in [1.54, 1.807) is 0 Å². The third kappa shape index (κ3) is 3.46. The van der Waals surface area contributed by atoms with Gasteiger partial charge >= 0.3 is 0 Å². The van der Waals surface area contributed by atoms with Crippen LogP contribution >= 0.6 is 23.2 Å². The fourth-order valence-electron chi connectivity index (χ4n) is 2.36. The van der Waals surface area contributed by atoms with Gasteiger partial charge in [-0.15, -0.1) is 0 Å². The third-order valence-corrected chi connectivity index (χ3v) is 4.18. The largest absolute Gasteiger partial charge is 0.330 e. The Morgan fingerprint density at radius 2 is 1.90 bits per heavy atom. The molecule has 3 nitrogen and oxygen atoms in total. The van der Waals surface area contributed by atoms with Crippen LogP contribution < -0.4 is 5.73 Å². The number of fused-ring (bicyclic) bond motifs is 1. The second-order valence-electron chi connectivity index (χ2n) is 5.03. The SMILES string of the molecule is CCCCc1nc2cc(Cl)c(Cl)cc2n1CCCCN. The van der Waals surface area contributed by atoms with Crippen molar-refractivity contribution in [2.45, 2.75) is 45.6 Å². The Bertz CT molecular complexity index is 578. The summed E-state index contributed by atoms with van der Waals surface area (Å²) in [7, 11) is 0. The minimum absolute atomic E-state index is 0.563. The lowest BCUT2D eigenvalue weighted by Gasteiger charge is -2.09. The second-order valence-corrected chi connectivity index (χ2v) is 5.85. The maximum Gasteiger partial charge on any atom is 0.109 e. The molecule has 0 spiro atoms. The van der Waals surface area contributed by atoms with Crippen LogP contribution in [0.1, 0.15) is 38.4 Å². The van der Waals surface area contributed by atoms with Gasteiger partial charge in [0.2, 0.25) is 0 Å². The summed E-state index contributed by atoms with van der Waals surface area (Å²) in [4.78, 5) is 4.72. The van der Waals surface area contributed by atoms with Gasteiger partial charge < -0.3 is 10.3 Å². The first-order valence-corrected chi connectivity index (χ1v) is 7.97. The normalized spacial score (nSPS) is 11.4. The molecule has 0 atom stereocenters. The fourth-order valence-corrected chi connectivity index (χ4v) is 2.68. The van der Waals surface area contributed by atoms with Crippen molar-refractivity contribution in [2.75, 3.05) is 6.54 Å². The minimum Gasteiger partial charge on any atom is -0.330 e. The highest BCUT2D eigenvalue weighted by atomic mass is 35.5. The summed E-state index contributed by atoms with van der Waals surface area (Å²) in [5.41, 5.74) is 7.58. The number of imidazole rings is 1. The molecule has 2 aromatic rings. The van der Waals surface area contributed by atoms with E-state index in [0.717, 1.165) is 62.1 Å². The smallest absolute Gasteiger partial charge is 0.109 e. The Hall–Kier alpha value is -0.770. The van der Waals surface area contributed by atoms with Gasteiger partial charge in [-0.05, 0) is 37.9 Å². The number of nitrogens with two attached hydrogens (primary N) is 1. The molecule has 0 saturated heterocycles. The van der Waals surface area contributed by atoms with Crippen LogP contribution in [0.5, 0.6) is 0 Å². The molecule has 0 amide bonds. The predicted octanol–water partition coefficient (Wildman–Crippen LogP) is 4.42. The number of unbranched alkanes of at least 4 members (excludes halogenated alkanes) is 2. The molecule has 2 rings (SSSR count). The molecule has 0 aliphatic heterocycles. The minimum atomic E-state index is 0.563. The Morgan fingerprint density at radius 3 is 2.60 bits per heavy atom. The fraction of sp³-hybridized carbons (Fsp3) is 0.533. The number of nitrogens with zero attached hydrogens (tertiary/aromatic N) is 2. The zero-order valence-corrected chi connectivity index (χ0v) is 13.3. The van der Waals surface area contributed by atoms with Crippen LogP contribution in [0.2, 0.25) is 10.0 Å². The first-order valence-electron chi connectivity index (χ1n) is 7.21. The van der Waals surface area contributed by atoms with E-state index in [4.69, 9.17) is 33.9 Å². The standard InChI is InChI=1S/C15H21Cl2N3/c1-2-3-6-15-19-13-9-11(16)12(17)10-14(13)20(15)8-5-4-7-18/h9-10H,2-8,18H2,1H3. The molecular weight excluding hydrogens is 293 g/mol. The quantitative estimate of drug-likeness (QED) is 0.769. The van der Waals surface area contributed by atoms with Gasteiger partial charge in [0, 0.05) is 13.0 Å². The lowest BCUT2D eigenvalue weighted by atomic mass is 10.2. The Balaban J connectivity index is 2.38. The molecule has 1 heterocycles. The summed E-state index contributed by atoms with van der Waals surface area (Å²) in [5.74, 6) is 1.12. The predicted molar refractivity (Wildman–Crippen MR) is 86.7 cm³/mol. The number of hydrogen-bond donors (Lipinski definition) is 1. The number of rotatable bonds is 7. The molecule has 2 N–H and O–H groups in total. The lowest BCUT2D eigenvalue weighted by Crippen LogP contribution is -2.06. The summed E-state index contributed by atoms with van der Waals surface area (Å²) in [6.07, 6.45) is 5.37. The number of aryl methyl sites for hydroxylation is 2. The van der Waals surface area contributed by atoms with Crippen molar-refractivity contribution in [3.05, 3.63) is 28.0 Å². The third-order valence-electron chi connectivity index (χ3n) is 3.46. The van der Waals surface area contributed by atoms with E-state index in [1.807, 2.05) is 12.1 Å². The molecule has 0 aliphatic rings. The van der Waals surface area contributed by atoms with Crippen molar-refractivity contribution in [1.82, 2.24) is 9.55 Å². The van der Waals surface area contributed by atoms with Crippen LogP contribution in [0, 0.1) is 0 Å². The van der Waals surface area contributed by atoms with Gasteiger partial charge in [0.1, 0.15) is 5.82 Å². The van der Waals surface area contributed by atoms with E-state index in [-0.39, 0.29) is 0 Å². The van der Waals surface area contributed by atoms with Crippen LogP contribution in [0.25, 0.3) is 11.0 Å². The highest BCUT2D eigenvalue weighted by molar-refractivity contribution is 6.42. The van der Waals surface area contributed by atoms with E-state index >= 15 is 0 Å². The molecule has 5 heteroatoms. The molecule has 110 valence electrons. The van der Waals surface area contributed by atoms with Gasteiger partial charge in [0.25, 0.3) is 0 Å². The van der Waals surface area contributed by atoms with E-state index in [0.29, 0.717) is 10.0 Å². The van der Waals surface area contributed by atoms with E-state index < -0.39 is 0 Å². The number of benzene rings is 1. The topological polar surface area (TPSA) is 43.8 Å². The molecule has 0 fully saturated rings. The maximum absolute atomic E-state index is 6.14. The molecule has 0 aliphatic carbocycles. The second kappa shape index (κ2) is 7.30. The highest BCUT2D eigenvalue weighted by Gasteiger charge is 2.12. The van der Waals surface area contributed by atoms with Crippen molar-refractivity contribution in [2.24, 2.45) is 5.73 Å². The van der Waals surface area contributed by atoms with E-state index in [9.17, 15) is 0 Å². The lowest BCUT2D eigenvalue weighted by molar-refractivity contribution is 0.592. The van der Waals surface area contributed by atoms with E-state index in [1.165, 1.54) is 0 Å². The van der Waals surface area contributed by atoms with Crippen LogP contribution in [-0.2, 0) is 13.0 Å². The molecule has 0 unspecified atom stereocenters. The van der Waals surface area contributed by atoms with Crippen LogP contribution in [0.4, 0.5) is 0 Å². The summed E-state index contributed by atoms with van der Waals surface area (Å²) >= 11 is 12.2. The summed E-state index contributed by atoms with van der Waals surface area (Å²) in [6, 6.07) is 3.78. The zero-order chi connectivity index (χ0) is 14.5. The number of aromatic nitrogens is 2. The van der Waals surface area contributed by atoms with Crippen LogP contribution in [0.3, 0.4) is 0 Å². The summed E-state index contributed by atoms with van der Waals surface area (Å²) in [6.45, 7) is 3.85. The van der Waals surface area contributed by atoms with E-state index in [2.05, 4.69) is 11.5 Å². The highest BCUT2D eigenvalue weighted by Crippen LogP contribution is 2.29. The molecule has 0 bridgehead atoms. The zero-order valence-electron chi connectivity index (χ0n) is 11.8. The molecule has 0 saturated carbocycles. The molecular formula is C15H21Cl2N3. The van der Waals surface area contributed by atoms with Crippen molar-refractivity contribution < 1.29 is 0 Å². The van der Waals surface area contributed by atoms with Crippen LogP contribution in [0.15, 0.2) is 12.1 Å². The number of halogens is 2. The summed E-state index contributed by atoms with van der Waals surface area (Å²) in [5, 5.41) is 1.15. The summed E-state index contributed by atoms with van der Waals surface area (Å²) < 4.78 is 2.27. The average Bonchev–Trinajstić information content (AvgIpc) is 2.75. The van der Waals surface area contributed by atoms with Gasteiger partial charge in [-0.1, -0.05) is 36.5 Å². The van der Waals surface area contributed by atoms with Crippen molar-refractivity contribution in [3.8, 4) is 0 Å². The van der Waals surface area contributed by atoms with Crippen molar-refractivity contribution >= 4 is 34.2 Å². The van der Waals surface area contributed by atoms with Crippen molar-refractivity contribution in [1.29, 1.82) is 0 Å². The van der Waals surface area contributed by atoms with Gasteiger partial charge in [0.05, 0.1) is 21.1 Å². The van der Waals surface area contributed by atoms with Gasteiger partial charge in [0.15, 0.2) is 0 Å². The number of hydrogen-bond acceptors (Lipinski definition) is 2. The first-order chi connectivity index (χ1) is 9.67. The molecule has 20 heavy (non-hydrogen) atoms. The van der Waals surface area contributed by atoms with Gasteiger partial charge in [-0.3, -0.25) is 0 Å². The van der Waals surface area contributed by atoms with Gasteiger partial charge in [-0.25, -0.2) is 4.98 Å². The van der Waals surface area contributed by atoms with Gasteiger partial charge in [-0.2, -0.15) is 0 Å². The Labute approximate surface area is 130 Å². The monoisotopic (exact) mass is 313 g/mol. The molecule has 0 radical (unpaired) electrons.